The van der Waals surface area contributed by atoms with Gasteiger partial charge in [0, 0.05) is 30.2 Å². The van der Waals surface area contributed by atoms with Gasteiger partial charge in [0.05, 0.1) is 23.0 Å². The van der Waals surface area contributed by atoms with Crippen molar-refractivity contribution in [3.8, 4) is 16.5 Å². The van der Waals surface area contributed by atoms with Crippen LogP contribution in [0.4, 0.5) is 5.82 Å². The highest BCUT2D eigenvalue weighted by atomic mass is 32.1. The average molecular weight is 370 g/mol. The van der Waals surface area contributed by atoms with Gasteiger partial charge in [0.1, 0.15) is 6.10 Å². The molecule has 1 fully saturated rings. The maximum Gasteiger partial charge on any atom is 0.233 e. The van der Waals surface area contributed by atoms with Crippen LogP contribution in [0.2, 0.25) is 0 Å². The number of nitrogen functional groups attached to an aromatic ring is 1. The zero-order valence-corrected chi connectivity index (χ0v) is 15.5. The van der Waals surface area contributed by atoms with Crippen LogP contribution in [0.5, 0.6) is 5.88 Å². The number of hydrogen-bond donors (Lipinski definition) is 3. The first-order chi connectivity index (χ1) is 12.7. The Morgan fingerprint density at radius 1 is 1.54 bits per heavy atom. The Kier molecular flexibility index (Phi) is 4.52. The van der Waals surface area contributed by atoms with E-state index in [4.69, 9.17) is 10.5 Å². The monoisotopic (exact) mass is 370 g/mol. The van der Waals surface area contributed by atoms with E-state index < -0.39 is 0 Å². The summed E-state index contributed by atoms with van der Waals surface area (Å²) in [5, 5.41) is 8.49. The summed E-state index contributed by atoms with van der Waals surface area (Å²) < 4.78 is 8.00. The molecule has 136 valence electrons. The van der Waals surface area contributed by atoms with E-state index in [1.54, 1.807) is 17.5 Å². The Balaban J connectivity index is 1.70. The summed E-state index contributed by atoms with van der Waals surface area (Å²) in [5.41, 5.74) is 9.52. The van der Waals surface area contributed by atoms with Gasteiger partial charge in [0.25, 0.3) is 0 Å². The summed E-state index contributed by atoms with van der Waals surface area (Å²) in [6.07, 6.45) is 5.94. The molecule has 0 amide bonds. The lowest BCUT2D eigenvalue weighted by Gasteiger charge is -2.22. The molecule has 0 bridgehead atoms. The number of nitrogens with one attached hydrogen (secondary N) is 2. The van der Waals surface area contributed by atoms with Crippen LogP contribution in [-0.4, -0.2) is 40.6 Å². The van der Waals surface area contributed by atoms with Gasteiger partial charge >= 0.3 is 0 Å². The molecule has 0 saturated carbocycles. The van der Waals surface area contributed by atoms with Crippen LogP contribution in [0.25, 0.3) is 21.9 Å². The van der Waals surface area contributed by atoms with Crippen molar-refractivity contribution in [2.45, 2.75) is 18.9 Å². The quantitative estimate of drug-likeness (QED) is 0.639. The van der Waals surface area contributed by atoms with Crippen molar-refractivity contribution in [2.75, 3.05) is 25.9 Å². The van der Waals surface area contributed by atoms with Crippen molar-refractivity contribution in [3.63, 3.8) is 0 Å². The molecule has 1 aliphatic rings. The van der Waals surface area contributed by atoms with Crippen LogP contribution >= 0.6 is 11.3 Å². The van der Waals surface area contributed by atoms with Crippen molar-refractivity contribution in [2.24, 2.45) is 0 Å². The molecule has 4 N–H and O–H groups in total. The number of ether oxygens (including phenoxy) is 1. The molecule has 1 saturated heterocycles. The summed E-state index contributed by atoms with van der Waals surface area (Å²) in [6, 6.07) is 2.09. The Hall–Kier alpha value is -2.58. The maximum atomic E-state index is 6.05. The van der Waals surface area contributed by atoms with Crippen LogP contribution < -0.4 is 21.1 Å². The van der Waals surface area contributed by atoms with Crippen LogP contribution in [-0.2, 0) is 0 Å². The first kappa shape index (κ1) is 16.9. The molecular weight excluding hydrogens is 348 g/mol. The number of thiophene rings is 1. The highest BCUT2D eigenvalue weighted by Crippen LogP contribution is 2.31. The van der Waals surface area contributed by atoms with Gasteiger partial charge in [-0.25, -0.2) is 4.98 Å². The molecule has 3 aromatic heterocycles. The third-order valence-corrected chi connectivity index (χ3v) is 5.49. The molecule has 0 aliphatic carbocycles. The Morgan fingerprint density at radius 2 is 2.42 bits per heavy atom. The molecule has 1 aliphatic heterocycles. The molecule has 8 heteroatoms. The number of imidazole rings is 1. The first-order valence-electron chi connectivity index (χ1n) is 8.62. The van der Waals surface area contributed by atoms with E-state index in [0.717, 1.165) is 47.8 Å². The molecule has 26 heavy (non-hydrogen) atoms. The number of aromatic nitrogens is 3. The van der Waals surface area contributed by atoms with Gasteiger partial charge in [-0.1, -0.05) is 6.58 Å². The minimum absolute atomic E-state index is 0.138. The van der Waals surface area contributed by atoms with Crippen LogP contribution in [0.15, 0.2) is 30.4 Å². The summed E-state index contributed by atoms with van der Waals surface area (Å²) in [7, 11) is 1.86. The van der Waals surface area contributed by atoms with Crippen molar-refractivity contribution in [1.82, 2.24) is 25.0 Å². The summed E-state index contributed by atoms with van der Waals surface area (Å²) in [6.45, 7) is 5.90. The van der Waals surface area contributed by atoms with Gasteiger partial charge in [-0.2, -0.15) is 4.98 Å². The van der Waals surface area contributed by atoms with Crippen LogP contribution in [0.3, 0.4) is 0 Å². The van der Waals surface area contributed by atoms with Crippen LogP contribution in [0.1, 0.15) is 18.4 Å². The van der Waals surface area contributed by atoms with E-state index in [1.165, 1.54) is 0 Å². The van der Waals surface area contributed by atoms with Gasteiger partial charge in [-0.05, 0) is 25.5 Å². The molecule has 1 unspecified atom stereocenters. The Bertz CT molecular complexity index is 940. The number of piperidine rings is 1. The zero-order valence-electron chi connectivity index (χ0n) is 14.7. The van der Waals surface area contributed by atoms with Crippen molar-refractivity contribution < 1.29 is 4.74 Å². The van der Waals surface area contributed by atoms with Gasteiger partial charge in [-0.15, -0.1) is 11.3 Å². The second-order valence-corrected chi connectivity index (χ2v) is 7.23. The topological polar surface area (TPSA) is 89.5 Å². The summed E-state index contributed by atoms with van der Waals surface area (Å²) in [4.78, 5) is 9.93. The van der Waals surface area contributed by atoms with E-state index in [0.29, 0.717) is 17.3 Å². The largest absolute Gasteiger partial charge is 0.472 e. The van der Waals surface area contributed by atoms with E-state index in [1.807, 2.05) is 17.6 Å². The fourth-order valence-electron chi connectivity index (χ4n) is 3.08. The molecule has 0 spiro atoms. The average Bonchev–Trinajstić information content (AvgIpc) is 3.30. The number of rotatable bonds is 5. The van der Waals surface area contributed by atoms with Crippen molar-refractivity contribution >= 4 is 28.5 Å². The van der Waals surface area contributed by atoms with Crippen molar-refractivity contribution in [1.29, 1.82) is 0 Å². The molecule has 4 rings (SSSR count). The first-order valence-corrected chi connectivity index (χ1v) is 9.50. The van der Waals surface area contributed by atoms with Gasteiger partial charge in [-0.3, -0.25) is 4.40 Å². The third-order valence-electron chi connectivity index (χ3n) is 4.54. The Labute approximate surface area is 155 Å². The van der Waals surface area contributed by atoms with E-state index in [-0.39, 0.29) is 6.10 Å². The lowest BCUT2D eigenvalue weighted by atomic mass is 10.1. The Morgan fingerprint density at radius 3 is 3.19 bits per heavy atom. The molecule has 0 aromatic carbocycles. The summed E-state index contributed by atoms with van der Waals surface area (Å²) in [5.74, 6) is 0.970. The van der Waals surface area contributed by atoms with Gasteiger partial charge < -0.3 is 21.1 Å². The number of anilines is 1. The standard InChI is InChI=1S/C18H22N6OS/c1-11(20-2)12-6-15(26-10-12)14-8-22-17(19)18-23-16(9-24(14)18)25-13-4-3-5-21-7-13/h6,8-10,13,20-21H,1,3-5,7H2,2H3,(H2,19,22). The molecular formula is C18H22N6OS. The SMILES string of the molecule is C=C(NC)c1csc(-c2cnc(N)c3nc(OC4CCCNC4)cn23)c1. The zero-order chi connectivity index (χ0) is 18.1. The predicted octanol–water partition coefficient (Wildman–Crippen LogP) is 2.36. The number of nitrogens with zero attached hydrogens (tertiary/aromatic N) is 3. The number of nitrogens with two attached hydrogens (primary N) is 1. The van der Waals surface area contributed by atoms with Gasteiger partial charge in [0.15, 0.2) is 11.5 Å². The fourth-order valence-corrected chi connectivity index (χ4v) is 4.01. The minimum Gasteiger partial charge on any atom is -0.472 e. The smallest absolute Gasteiger partial charge is 0.233 e. The lowest BCUT2D eigenvalue weighted by Crippen LogP contribution is -2.37. The maximum absolute atomic E-state index is 6.05. The normalized spacial score (nSPS) is 17.3. The van der Waals surface area contributed by atoms with E-state index in [2.05, 4.69) is 38.6 Å². The number of hydrogen-bond acceptors (Lipinski definition) is 7. The highest BCUT2D eigenvalue weighted by molar-refractivity contribution is 7.13. The van der Waals surface area contributed by atoms with Crippen LogP contribution in [0, 0.1) is 0 Å². The molecule has 0 radical (unpaired) electrons. The van der Waals surface area contributed by atoms with E-state index >= 15 is 0 Å². The number of fused-ring (bicyclic) bond motifs is 1. The third kappa shape index (κ3) is 3.13. The highest BCUT2D eigenvalue weighted by Gasteiger charge is 2.18. The summed E-state index contributed by atoms with van der Waals surface area (Å²) >= 11 is 1.63. The molecule has 4 heterocycles. The second kappa shape index (κ2) is 6.97. The minimum atomic E-state index is 0.138. The van der Waals surface area contributed by atoms with Gasteiger partial charge in [0.2, 0.25) is 5.88 Å². The molecule has 7 nitrogen and oxygen atoms in total. The molecule has 1 atom stereocenters. The second-order valence-electron chi connectivity index (χ2n) is 6.32. The molecule has 3 aromatic rings. The van der Waals surface area contributed by atoms with E-state index in [9.17, 15) is 0 Å². The fraction of sp³-hybridized carbons (Fsp3) is 0.333. The predicted molar refractivity (Wildman–Crippen MR) is 105 cm³/mol. The van der Waals surface area contributed by atoms with Crippen molar-refractivity contribution in [3.05, 3.63) is 36.0 Å². The lowest BCUT2D eigenvalue weighted by molar-refractivity contribution is 0.161.